The van der Waals surface area contributed by atoms with E-state index in [2.05, 4.69) is 37.7 Å². The molecule has 0 unspecified atom stereocenters. The van der Waals surface area contributed by atoms with E-state index in [4.69, 9.17) is 6.57 Å². The van der Waals surface area contributed by atoms with Crippen molar-refractivity contribution in [2.24, 2.45) is 0 Å². The zero-order valence-corrected chi connectivity index (χ0v) is 13.1. The molecular formula is C20H18N2. The molecule has 2 nitrogen and oxygen atoms in total. The van der Waals surface area contributed by atoms with E-state index in [1.807, 2.05) is 48.5 Å². The van der Waals surface area contributed by atoms with E-state index in [9.17, 15) is 5.26 Å². The highest BCUT2D eigenvalue weighted by atomic mass is 14.7. The first kappa shape index (κ1) is 15.5. The number of rotatable bonds is 2. The van der Waals surface area contributed by atoms with Crippen LogP contribution in [0.4, 0.5) is 0 Å². The van der Waals surface area contributed by atoms with Gasteiger partial charge in [0.1, 0.15) is 0 Å². The van der Waals surface area contributed by atoms with Crippen LogP contribution in [0.3, 0.4) is 0 Å². The molecule has 0 aliphatic carbocycles. The molecule has 0 atom stereocenters. The van der Waals surface area contributed by atoms with Gasteiger partial charge in [0.15, 0.2) is 0 Å². The number of hydrogen-bond acceptors (Lipinski definition) is 1. The maximum Gasteiger partial charge on any atom is 0.270 e. The molecular weight excluding hydrogens is 268 g/mol. The lowest BCUT2D eigenvalue weighted by molar-refractivity contribution is 0.590. The molecule has 0 N–H and O–H groups in total. The lowest BCUT2D eigenvalue weighted by Gasteiger charge is -2.19. The molecule has 0 radical (unpaired) electrons. The Morgan fingerprint density at radius 3 is 1.95 bits per heavy atom. The fraction of sp³-hybridized carbons (Fsp3) is 0.200. The van der Waals surface area contributed by atoms with Crippen LogP contribution in [0.5, 0.6) is 0 Å². The summed E-state index contributed by atoms with van der Waals surface area (Å²) in [6, 6.07) is 19.7. The van der Waals surface area contributed by atoms with Crippen LogP contribution in [0, 0.1) is 17.9 Å². The van der Waals surface area contributed by atoms with Crippen LogP contribution in [0.25, 0.3) is 10.4 Å². The first-order valence-corrected chi connectivity index (χ1v) is 7.15. The third-order valence-corrected chi connectivity index (χ3v) is 3.56. The molecule has 2 aromatic rings. The summed E-state index contributed by atoms with van der Waals surface area (Å²) < 4.78 is 0. The van der Waals surface area contributed by atoms with Crippen LogP contribution in [0.15, 0.2) is 60.3 Å². The molecule has 0 spiro atoms. The number of hydrogen-bond donors (Lipinski definition) is 0. The van der Waals surface area contributed by atoms with Crippen LogP contribution in [-0.2, 0) is 5.41 Å². The highest BCUT2D eigenvalue weighted by Crippen LogP contribution is 2.30. The fourth-order valence-electron chi connectivity index (χ4n) is 2.32. The lowest BCUT2D eigenvalue weighted by Crippen LogP contribution is -2.10. The van der Waals surface area contributed by atoms with Crippen LogP contribution in [0.2, 0.25) is 0 Å². The molecule has 0 saturated heterocycles. The highest BCUT2D eigenvalue weighted by molar-refractivity contribution is 5.85. The quantitative estimate of drug-likeness (QED) is 0.552. The van der Waals surface area contributed by atoms with Crippen LogP contribution in [0.1, 0.15) is 37.5 Å². The molecule has 2 heteroatoms. The molecule has 0 aliphatic rings. The molecule has 0 amide bonds. The Hall–Kier alpha value is -2.84. The number of allylic oxidation sites excluding steroid dienone is 1. The topological polar surface area (TPSA) is 28.1 Å². The van der Waals surface area contributed by atoms with E-state index in [1.165, 1.54) is 5.56 Å². The predicted octanol–water partition coefficient (Wildman–Crippen LogP) is 5.19. The Morgan fingerprint density at radius 2 is 1.50 bits per heavy atom. The Labute approximate surface area is 132 Å². The molecule has 0 aliphatic heterocycles. The predicted molar refractivity (Wildman–Crippen MR) is 89.8 cm³/mol. The van der Waals surface area contributed by atoms with Crippen molar-refractivity contribution in [3.8, 4) is 6.07 Å². The summed E-state index contributed by atoms with van der Waals surface area (Å²) in [5, 5.41) is 9.28. The van der Waals surface area contributed by atoms with E-state index in [0.717, 1.165) is 11.1 Å². The molecule has 2 aromatic carbocycles. The lowest BCUT2D eigenvalue weighted by atomic mass is 9.85. The van der Waals surface area contributed by atoms with Crippen molar-refractivity contribution in [2.75, 3.05) is 0 Å². The van der Waals surface area contributed by atoms with Crippen molar-refractivity contribution in [1.29, 1.82) is 5.26 Å². The van der Waals surface area contributed by atoms with E-state index in [-0.39, 0.29) is 11.1 Å². The van der Waals surface area contributed by atoms with Crippen molar-refractivity contribution >= 4 is 5.57 Å². The van der Waals surface area contributed by atoms with Gasteiger partial charge >= 0.3 is 0 Å². The maximum atomic E-state index is 9.28. The second-order valence-electron chi connectivity index (χ2n) is 6.14. The van der Waals surface area contributed by atoms with Gasteiger partial charge < -0.3 is 0 Å². The summed E-state index contributed by atoms with van der Waals surface area (Å²) in [5.41, 5.74) is 3.90. The third-order valence-electron chi connectivity index (χ3n) is 3.56. The van der Waals surface area contributed by atoms with Crippen LogP contribution < -0.4 is 0 Å². The minimum absolute atomic E-state index is 0.0764. The van der Waals surface area contributed by atoms with Crippen molar-refractivity contribution < 1.29 is 0 Å². The van der Waals surface area contributed by atoms with Gasteiger partial charge in [0.05, 0.1) is 12.6 Å². The molecule has 108 valence electrons. The van der Waals surface area contributed by atoms with Gasteiger partial charge in [0, 0.05) is 5.57 Å². The van der Waals surface area contributed by atoms with Gasteiger partial charge in [-0.15, -0.1) is 0 Å². The van der Waals surface area contributed by atoms with Gasteiger partial charge in [-0.05, 0) is 22.1 Å². The average Bonchev–Trinajstić information content (AvgIpc) is 2.52. The zero-order valence-electron chi connectivity index (χ0n) is 13.1. The minimum atomic E-state index is 0.0764. The van der Waals surface area contributed by atoms with E-state index in [1.54, 1.807) is 0 Å². The Bertz CT molecular complexity index is 746. The molecule has 0 heterocycles. The van der Waals surface area contributed by atoms with Crippen molar-refractivity contribution in [3.63, 3.8) is 0 Å². The summed E-state index contributed by atoms with van der Waals surface area (Å²) in [5.74, 6) is 0. The Kier molecular flexibility index (Phi) is 4.44. The minimum Gasteiger partial charge on any atom is -0.226 e. The van der Waals surface area contributed by atoms with Gasteiger partial charge in [-0.25, -0.2) is 10.1 Å². The van der Waals surface area contributed by atoms with E-state index in [0.29, 0.717) is 5.57 Å². The third kappa shape index (κ3) is 3.25. The Morgan fingerprint density at radius 1 is 0.955 bits per heavy atom. The van der Waals surface area contributed by atoms with Crippen LogP contribution in [-0.4, -0.2) is 0 Å². The van der Waals surface area contributed by atoms with Crippen molar-refractivity contribution in [2.45, 2.75) is 26.2 Å². The number of nitrogens with zero attached hydrogens (tertiary/aromatic N) is 2. The summed E-state index contributed by atoms with van der Waals surface area (Å²) >= 11 is 0. The van der Waals surface area contributed by atoms with Crippen LogP contribution >= 0.6 is 0 Å². The van der Waals surface area contributed by atoms with E-state index >= 15 is 0 Å². The summed E-state index contributed by atoms with van der Waals surface area (Å²) in [6.45, 7) is 13.8. The van der Waals surface area contributed by atoms with Crippen molar-refractivity contribution in [1.82, 2.24) is 0 Å². The standard InChI is InChI=1S/C20H18N2/c1-20(2,3)17-12-10-16(11-13-17)19(18(14-21)22-4)15-8-6-5-7-9-15/h5-13H,1-3H3. The monoisotopic (exact) mass is 286 g/mol. The second-order valence-corrected chi connectivity index (χ2v) is 6.14. The Balaban J connectivity index is 2.61. The molecule has 0 aromatic heterocycles. The number of nitriles is 1. The highest BCUT2D eigenvalue weighted by Gasteiger charge is 2.15. The summed E-state index contributed by atoms with van der Waals surface area (Å²) in [7, 11) is 0. The SMILES string of the molecule is [C-]#[N+]C(C#N)=C(c1ccccc1)c1ccc(C(C)(C)C)cc1. The van der Waals surface area contributed by atoms with Gasteiger partial charge in [0.25, 0.3) is 5.70 Å². The normalized spacial score (nSPS) is 12.0. The molecule has 0 saturated carbocycles. The van der Waals surface area contributed by atoms with Gasteiger partial charge in [-0.2, -0.15) is 0 Å². The molecule has 2 rings (SSSR count). The zero-order chi connectivity index (χ0) is 16.2. The maximum absolute atomic E-state index is 9.28. The first-order chi connectivity index (χ1) is 10.5. The average molecular weight is 286 g/mol. The molecule has 0 fully saturated rings. The first-order valence-electron chi connectivity index (χ1n) is 7.15. The summed E-state index contributed by atoms with van der Waals surface area (Å²) in [6.07, 6.45) is 0. The molecule has 0 bridgehead atoms. The number of benzene rings is 2. The second kappa shape index (κ2) is 6.29. The van der Waals surface area contributed by atoms with Gasteiger partial charge in [0.2, 0.25) is 0 Å². The smallest absolute Gasteiger partial charge is 0.226 e. The fourth-order valence-corrected chi connectivity index (χ4v) is 2.32. The molecule has 22 heavy (non-hydrogen) atoms. The summed E-state index contributed by atoms with van der Waals surface area (Å²) in [4.78, 5) is 3.40. The van der Waals surface area contributed by atoms with E-state index < -0.39 is 0 Å². The largest absolute Gasteiger partial charge is 0.270 e. The van der Waals surface area contributed by atoms with Gasteiger partial charge in [-0.3, -0.25) is 0 Å². The van der Waals surface area contributed by atoms with Gasteiger partial charge in [-0.1, -0.05) is 75.4 Å². The van der Waals surface area contributed by atoms with Crippen molar-refractivity contribution in [3.05, 3.63) is 88.4 Å².